The minimum Gasteiger partial charge on any atom is -0.358 e. The van der Waals surface area contributed by atoms with E-state index in [1.807, 2.05) is 31.2 Å². The van der Waals surface area contributed by atoms with Gasteiger partial charge in [0.2, 0.25) is 0 Å². The molecule has 0 saturated carbocycles. The molecule has 1 aromatic carbocycles. The Morgan fingerprint density at radius 1 is 1.43 bits per heavy atom. The third-order valence-electron chi connectivity index (χ3n) is 3.31. The highest BCUT2D eigenvalue weighted by molar-refractivity contribution is 6.09. The van der Waals surface area contributed by atoms with E-state index in [0.29, 0.717) is 5.56 Å². The van der Waals surface area contributed by atoms with Crippen molar-refractivity contribution in [2.45, 2.75) is 13.5 Å². The molecular weight excluding hydrogens is 272 g/mol. The van der Waals surface area contributed by atoms with Crippen molar-refractivity contribution in [2.75, 3.05) is 0 Å². The summed E-state index contributed by atoms with van der Waals surface area (Å²) in [7, 11) is 0. The van der Waals surface area contributed by atoms with Gasteiger partial charge in [-0.15, -0.1) is 0 Å². The number of nitrogens with one attached hydrogen (secondary N) is 1. The molecule has 0 aliphatic heterocycles. The minimum atomic E-state index is -0.537. The van der Waals surface area contributed by atoms with E-state index in [2.05, 4.69) is 10.1 Å². The molecule has 0 bridgehead atoms. The molecule has 0 atom stereocenters. The highest BCUT2D eigenvalue weighted by Gasteiger charge is 2.17. The lowest BCUT2D eigenvalue weighted by atomic mass is 10.1. The normalized spacial score (nSPS) is 10.9. The lowest BCUT2D eigenvalue weighted by Gasteiger charge is -2.01. The summed E-state index contributed by atoms with van der Waals surface area (Å²) in [5.41, 5.74) is 2.15. The van der Waals surface area contributed by atoms with Gasteiger partial charge in [-0.3, -0.25) is 19.6 Å². The number of carbonyl (C=O) groups excluding carboxylic acids is 1. The van der Waals surface area contributed by atoms with Gasteiger partial charge in [0.15, 0.2) is 5.78 Å². The molecule has 0 radical (unpaired) electrons. The number of para-hydroxylation sites is 1. The van der Waals surface area contributed by atoms with Gasteiger partial charge in [-0.05, 0) is 13.0 Å². The Balaban J connectivity index is 1.93. The number of aromatic nitrogens is 3. The van der Waals surface area contributed by atoms with Crippen LogP contribution in [0.2, 0.25) is 0 Å². The van der Waals surface area contributed by atoms with E-state index in [4.69, 9.17) is 0 Å². The van der Waals surface area contributed by atoms with Gasteiger partial charge in [0, 0.05) is 22.2 Å². The van der Waals surface area contributed by atoms with Crippen LogP contribution in [0.4, 0.5) is 5.69 Å². The minimum absolute atomic E-state index is 0.0312. The number of H-pyrrole nitrogens is 1. The van der Waals surface area contributed by atoms with E-state index in [1.54, 1.807) is 0 Å². The van der Waals surface area contributed by atoms with Crippen LogP contribution in [0.3, 0.4) is 0 Å². The Kier molecular flexibility index (Phi) is 3.02. The molecule has 0 aliphatic rings. The maximum Gasteiger partial charge on any atom is 0.307 e. The number of ketones is 1. The smallest absolute Gasteiger partial charge is 0.307 e. The standard InChI is InChI=1S/C14H12N4O3/c1-9-14(11-4-2-3-5-12(11)16-9)13(19)8-17-7-10(6-15-17)18(20)21/h2-7,16H,8H2,1H3. The van der Waals surface area contributed by atoms with Crippen molar-refractivity contribution in [3.05, 3.63) is 58.0 Å². The van der Waals surface area contributed by atoms with Crippen molar-refractivity contribution in [1.82, 2.24) is 14.8 Å². The quantitative estimate of drug-likeness (QED) is 0.452. The number of hydrogen-bond acceptors (Lipinski definition) is 4. The number of fused-ring (bicyclic) bond motifs is 1. The maximum absolute atomic E-state index is 12.4. The first-order valence-electron chi connectivity index (χ1n) is 6.33. The first-order valence-corrected chi connectivity index (χ1v) is 6.33. The molecule has 21 heavy (non-hydrogen) atoms. The molecule has 0 saturated heterocycles. The molecule has 2 heterocycles. The highest BCUT2D eigenvalue weighted by Crippen LogP contribution is 2.22. The Labute approximate surface area is 119 Å². The topological polar surface area (TPSA) is 93.8 Å². The number of nitro groups is 1. The molecule has 0 spiro atoms. The van der Waals surface area contributed by atoms with Crippen LogP contribution < -0.4 is 0 Å². The molecular formula is C14H12N4O3. The molecule has 3 rings (SSSR count). The monoisotopic (exact) mass is 284 g/mol. The van der Waals surface area contributed by atoms with E-state index in [1.165, 1.54) is 10.9 Å². The molecule has 0 aliphatic carbocycles. The highest BCUT2D eigenvalue weighted by atomic mass is 16.6. The van der Waals surface area contributed by atoms with Crippen LogP contribution in [0.25, 0.3) is 10.9 Å². The fourth-order valence-electron chi connectivity index (χ4n) is 2.40. The Morgan fingerprint density at radius 3 is 2.90 bits per heavy atom. The summed E-state index contributed by atoms with van der Waals surface area (Å²) in [5.74, 6) is -0.136. The summed E-state index contributed by atoms with van der Waals surface area (Å²) < 4.78 is 1.28. The second-order valence-electron chi connectivity index (χ2n) is 4.75. The third kappa shape index (κ3) is 2.29. The van der Waals surface area contributed by atoms with Crippen LogP contribution in [0.1, 0.15) is 16.1 Å². The second-order valence-corrected chi connectivity index (χ2v) is 4.75. The van der Waals surface area contributed by atoms with Gasteiger partial charge in [-0.2, -0.15) is 5.10 Å². The average molecular weight is 284 g/mol. The van der Waals surface area contributed by atoms with Crippen molar-refractivity contribution in [3.63, 3.8) is 0 Å². The number of aryl methyl sites for hydroxylation is 1. The molecule has 7 nitrogen and oxygen atoms in total. The second kappa shape index (κ2) is 4.86. The van der Waals surface area contributed by atoms with Crippen LogP contribution in [0.15, 0.2) is 36.7 Å². The molecule has 0 amide bonds. The van der Waals surface area contributed by atoms with Gasteiger partial charge in [0.05, 0.1) is 4.92 Å². The van der Waals surface area contributed by atoms with E-state index in [9.17, 15) is 14.9 Å². The zero-order valence-electron chi connectivity index (χ0n) is 11.2. The summed E-state index contributed by atoms with van der Waals surface area (Å²) in [5, 5.41) is 15.3. The van der Waals surface area contributed by atoms with E-state index in [0.717, 1.165) is 22.8 Å². The summed E-state index contributed by atoms with van der Waals surface area (Å²) in [6.07, 6.45) is 2.39. The Hall–Kier alpha value is -2.96. The van der Waals surface area contributed by atoms with Crippen LogP contribution in [0.5, 0.6) is 0 Å². The van der Waals surface area contributed by atoms with Gasteiger partial charge in [-0.1, -0.05) is 18.2 Å². The van der Waals surface area contributed by atoms with Gasteiger partial charge >= 0.3 is 5.69 Å². The van der Waals surface area contributed by atoms with E-state index in [-0.39, 0.29) is 18.0 Å². The van der Waals surface area contributed by atoms with Crippen LogP contribution in [-0.2, 0) is 6.54 Å². The fourth-order valence-corrected chi connectivity index (χ4v) is 2.40. The summed E-state index contributed by atoms with van der Waals surface area (Å²) in [6, 6.07) is 7.53. The lowest BCUT2D eigenvalue weighted by molar-refractivity contribution is -0.385. The van der Waals surface area contributed by atoms with Gasteiger partial charge in [0.25, 0.3) is 0 Å². The molecule has 106 valence electrons. The van der Waals surface area contributed by atoms with Crippen molar-refractivity contribution in [3.8, 4) is 0 Å². The van der Waals surface area contributed by atoms with Gasteiger partial charge in [0.1, 0.15) is 18.9 Å². The maximum atomic E-state index is 12.4. The zero-order valence-corrected chi connectivity index (χ0v) is 11.2. The predicted octanol–water partition coefficient (Wildman–Crippen LogP) is 2.46. The number of aromatic amines is 1. The van der Waals surface area contributed by atoms with Crippen molar-refractivity contribution < 1.29 is 9.72 Å². The number of hydrogen-bond donors (Lipinski definition) is 1. The molecule has 0 unspecified atom stereocenters. The van der Waals surface area contributed by atoms with Crippen LogP contribution in [0, 0.1) is 17.0 Å². The summed E-state index contributed by atoms with van der Waals surface area (Å²) in [4.78, 5) is 25.7. The SMILES string of the molecule is Cc1[nH]c2ccccc2c1C(=O)Cn1cc([N+](=O)[O-])cn1. The van der Waals surface area contributed by atoms with Crippen LogP contribution >= 0.6 is 0 Å². The zero-order chi connectivity index (χ0) is 15.0. The first-order chi connectivity index (χ1) is 10.1. The van der Waals surface area contributed by atoms with E-state index >= 15 is 0 Å². The van der Waals surface area contributed by atoms with Gasteiger partial charge in [-0.25, -0.2) is 0 Å². The number of Topliss-reactive ketones (excluding diaryl/α,β-unsaturated/α-hetero) is 1. The number of carbonyl (C=O) groups is 1. The molecule has 0 fully saturated rings. The molecule has 3 aromatic rings. The first kappa shape index (κ1) is 13.0. The number of benzene rings is 1. The summed E-state index contributed by atoms with van der Waals surface area (Å²) in [6.45, 7) is 1.80. The molecule has 1 N–H and O–H groups in total. The molecule has 7 heteroatoms. The van der Waals surface area contributed by atoms with Gasteiger partial charge < -0.3 is 4.98 Å². The Morgan fingerprint density at radius 2 is 2.19 bits per heavy atom. The predicted molar refractivity (Wildman–Crippen MR) is 76.2 cm³/mol. The van der Waals surface area contributed by atoms with Crippen LogP contribution in [-0.4, -0.2) is 25.5 Å². The van der Waals surface area contributed by atoms with Crippen molar-refractivity contribution >= 4 is 22.4 Å². The Bertz CT molecular complexity index is 847. The van der Waals surface area contributed by atoms with Crippen molar-refractivity contribution in [2.24, 2.45) is 0 Å². The number of rotatable bonds is 4. The third-order valence-corrected chi connectivity index (χ3v) is 3.31. The molecule has 2 aromatic heterocycles. The summed E-state index contributed by atoms with van der Waals surface area (Å²) >= 11 is 0. The lowest BCUT2D eigenvalue weighted by Crippen LogP contribution is -2.11. The largest absolute Gasteiger partial charge is 0.358 e. The van der Waals surface area contributed by atoms with Crippen molar-refractivity contribution in [1.29, 1.82) is 0 Å². The fraction of sp³-hybridized carbons (Fsp3) is 0.143. The number of nitrogens with zero attached hydrogens (tertiary/aromatic N) is 3. The average Bonchev–Trinajstić information content (AvgIpc) is 3.01. The van der Waals surface area contributed by atoms with E-state index < -0.39 is 4.92 Å².